The van der Waals surface area contributed by atoms with Crippen LogP contribution in [0.5, 0.6) is 5.75 Å². The number of hydrogen-bond acceptors (Lipinski definition) is 5. The number of aryl methyl sites for hydroxylation is 1. The zero-order valence-corrected chi connectivity index (χ0v) is 24.0. The molecule has 1 heterocycles. The summed E-state index contributed by atoms with van der Waals surface area (Å²) in [5.74, 6) is 0.534. The number of carbonyl (C=O) groups excluding carboxylic acids is 3. The Hall–Kier alpha value is -4.20. The van der Waals surface area contributed by atoms with Crippen LogP contribution in [0.4, 0.5) is 11.5 Å². The maximum absolute atomic E-state index is 14.0. The molecule has 2 aromatic carbocycles. The lowest BCUT2D eigenvalue weighted by atomic mass is 9.94. The van der Waals surface area contributed by atoms with E-state index in [1.807, 2.05) is 62.4 Å². The lowest BCUT2D eigenvalue weighted by Crippen LogP contribution is -2.47. The summed E-state index contributed by atoms with van der Waals surface area (Å²) in [7, 11) is 0. The molecule has 3 amide bonds. The Bertz CT molecular complexity index is 1270. The topological polar surface area (TPSA) is 101 Å². The molecular formula is C33H40N4O4. The van der Waals surface area contributed by atoms with Crippen molar-refractivity contribution in [2.75, 3.05) is 16.8 Å². The summed E-state index contributed by atoms with van der Waals surface area (Å²) in [5, 5.41) is 6.00. The summed E-state index contributed by atoms with van der Waals surface area (Å²) in [4.78, 5) is 46.1. The fourth-order valence-corrected chi connectivity index (χ4v) is 5.16. The average molecular weight is 557 g/mol. The van der Waals surface area contributed by atoms with Crippen molar-refractivity contribution in [3.8, 4) is 5.75 Å². The summed E-state index contributed by atoms with van der Waals surface area (Å²) in [5.41, 5.74) is 2.39. The second-order valence-corrected chi connectivity index (χ2v) is 10.5. The third kappa shape index (κ3) is 8.64. The standard InChI is InChI=1S/C33H40N4O4/c1-3-41-28-21-17-25(18-22-28)32(33(40)35-26-10-5-4-6-11-26)37(27-19-15-24(2)16-20-27)31(39)14-9-13-30(38)36-29-12-7-8-23-34-29/h7-8,12,15-23,26,32H,3-6,9-11,13-14H2,1-2H3,(H,35,40)(H,34,36,38)/t32-/m0/s1. The van der Waals surface area contributed by atoms with Crippen LogP contribution in [0.2, 0.25) is 0 Å². The van der Waals surface area contributed by atoms with Crippen LogP contribution < -0.4 is 20.3 Å². The molecule has 0 unspecified atom stereocenters. The number of rotatable bonds is 12. The van der Waals surface area contributed by atoms with E-state index in [0.717, 1.165) is 31.2 Å². The fraction of sp³-hybridized carbons (Fsp3) is 0.394. The van der Waals surface area contributed by atoms with Crippen LogP contribution in [-0.2, 0) is 14.4 Å². The van der Waals surface area contributed by atoms with E-state index in [0.29, 0.717) is 35.8 Å². The van der Waals surface area contributed by atoms with Crippen molar-refractivity contribution in [2.45, 2.75) is 77.3 Å². The van der Waals surface area contributed by atoms with Gasteiger partial charge in [0.2, 0.25) is 17.7 Å². The van der Waals surface area contributed by atoms with Gasteiger partial charge in [0.25, 0.3) is 0 Å². The van der Waals surface area contributed by atoms with Gasteiger partial charge in [0.1, 0.15) is 17.6 Å². The number of amides is 3. The quantitative estimate of drug-likeness (QED) is 0.280. The van der Waals surface area contributed by atoms with Crippen LogP contribution in [0.15, 0.2) is 72.9 Å². The molecule has 0 spiro atoms. The number of benzene rings is 2. The van der Waals surface area contributed by atoms with Gasteiger partial charge in [-0.2, -0.15) is 0 Å². The predicted molar refractivity (Wildman–Crippen MR) is 161 cm³/mol. The monoisotopic (exact) mass is 556 g/mol. The van der Waals surface area contributed by atoms with Crippen LogP contribution in [-0.4, -0.2) is 35.4 Å². The molecule has 41 heavy (non-hydrogen) atoms. The number of hydrogen-bond donors (Lipinski definition) is 2. The third-order valence-corrected chi connectivity index (χ3v) is 7.27. The molecule has 0 bridgehead atoms. The molecule has 8 heteroatoms. The number of nitrogens with zero attached hydrogens (tertiary/aromatic N) is 2. The third-order valence-electron chi connectivity index (χ3n) is 7.27. The Kier molecular flexibility index (Phi) is 10.9. The highest BCUT2D eigenvalue weighted by Gasteiger charge is 2.34. The first-order valence-corrected chi connectivity index (χ1v) is 14.6. The molecule has 0 aliphatic heterocycles. The minimum absolute atomic E-state index is 0.0895. The van der Waals surface area contributed by atoms with E-state index >= 15 is 0 Å². The minimum atomic E-state index is -0.870. The van der Waals surface area contributed by atoms with Crippen molar-refractivity contribution in [1.29, 1.82) is 0 Å². The maximum Gasteiger partial charge on any atom is 0.248 e. The van der Waals surface area contributed by atoms with Gasteiger partial charge in [-0.25, -0.2) is 4.98 Å². The molecule has 1 aromatic heterocycles. The van der Waals surface area contributed by atoms with Gasteiger partial charge in [0, 0.05) is 30.8 Å². The summed E-state index contributed by atoms with van der Waals surface area (Å²) < 4.78 is 5.62. The maximum atomic E-state index is 14.0. The van der Waals surface area contributed by atoms with Crippen molar-refractivity contribution >= 4 is 29.2 Å². The Morgan fingerprint density at radius 1 is 0.951 bits per heavy atom. The van der Waals surface area contributed by atoms with Crippen molar-refractivity contribution in [3.05, 3.63) is 84.1 Å². The molecule has 0 saturated heterocycles. The van der Waals surface area contributed by atoms with Crippen LogP contribution in [0.1, 0.15) is 75.5 Å². The second kappa shape index (κ2) is 15.0. The number of aromatic nitrogens is 1. The van der Waals surface area contributed by atoms with Crippen LogP contribution in [0, 0.1) is 6.92 Å². The smallest absolute Gasteiger partial charge is 0.248 e. The van der Waals surface area contributed by atoms with E-state index in [1.54, 1.807) is 29.3 Å². The molecule has 2 N–H and O–H groups in total. The van der Waals surface area contributed by atoms with Gasteiger partial charge in [-0.3, -0.25) is 19.3 Å². The first kappa shape index (κ1) is 29.8. The molecule has 216 valence electrons. The average Bonchev–Trinajstić information content (AvgIpc) is 2.98. The highest BCUT2D eigenvalue weighted by molar-refractivity contribution is 6.01. The summed E-state index contributed by atoms with van der Waals surface area (Å²) in [6, 6.07) is 19.5. The number of pyridine rings is 1. The highest BCUT2D eigenvalue weighted by Crippen LogP contribution is 2.31. The zero-order valence-electron chi connectivity index (χ0n) is 24.0. The highest BCUT2D eigenvalue weighted by atomic mass is 16.5. The second-order valence-electron chi connectivity index (χ2n) is 10.5. The number of ether oxygens (including phenoxy) is 1. The van der Waals surface area contributed by atoms with Gasteiger partial charge >= 0.3 is 0 Å². The first-order valence-electron chi connectivity index (χ1n) is 14.6. The predicted octanol–water partition coefficient (Wildman–Crippen LogP) is 6.12. The molecular weight excluding hydrogens is 516 g/mol. The Morgan fingerprint density at radius 3 is 2.34 bits per heavy atom. The van der Waals surface area contributed by atoms with Gasteiger partial charge < -0.3 is 15.4 Å². The zero-order chi connectivity index (χ0) is 29.0. The lowest BCUT2D eigenvalue weighted by Gasteiger charge is -2.33. The van der Waals surface area contributed by atoms with Crippen LogP contribution in [0.3, 0.4) is 0 Å². The van der Waals surface area contributed by atoms with Crippen LogP contribution in [0.25, 0.3) is 0 Å². The molecule has 1 aliphatic rings. The Morgan fingerprint density at radius 2 is 1.68 bits per heavy atom. The summed E-state index contributed by atoms with van der Waals surface area (Å²) in [6.45, 7) is 4.44. The molecule has 1 atom stereocenters. The minimum Gasteiger partial charge on any atom is -0.494 e. The van der Waals surface area contributed by atoms with Crippen molar-refractivity contribution in [3.63, 3.8) is 0 Å². The van der Waals surface area contributed by atoms with E-state index in [9.17, 15) is 14.4 Å². The molecule has 0 radical (unpaired) electrons. The van der Waals surface area contributed by atoms with Gasteiger partial charge in [-0.15, -0.1) is 0 Å². The molecule has 8 nitrogen and oxygen atoms in total. The fourth-order valence-electron chi connectivity index (χ4n) is 5.16. The van der Waals surface area contributed by atoms with Gasteiger partial charge in [0.15, 0.2) is 0 Å². The van der Waals surface area contributed by atoms with Gasteiger partial charge in [-0.05, 0) is 75.1 Å². The lowest BCUT2D eigenvalue weighted by molar-refractivity contribution is -0.127. The van der Waals surface area contributed by atoms with E-state index in [1.165, 1.54) is 6.42 Å². The van der Waals surface area contributed by atoms with Crippen molar-refractivity contribution in [1.82, 2.24) is 10.3 Å². The molecule has 1 saturated carbocycles. The van der Waals surface area contributed by atoms with Gasteiger partial charge in [-0.1, -0.05) is 55.2 Å². The van der Waals surface area contributed by atoms with E-state index in [4.69, 9.17) is 4.74 Å². The van der Waals surface area contributed by atoms with Gasteiger partial charge in [0.05, 0.1) is 6.61 Å². The number of carbonyl (C=O) groups is 3. The molecule has 1 fully saturated rings. The number of anilines is 2. The normalized spacial score (nSPS) is 14.1. The largest absolute Gasteiger partial charge is 0.494 e. The van der Waals surface area contributed by atoms with E-state index < -0.39 is 6.04 Å². The van der Waals surface area contributed by atoms with Crippen LogP contribution >= 0.6 is 0 Å². The first-order chi connectivity index (χ1) is 19.9. The SMILES string of the molecule is CCOc1ccc([C@@H](C(=O)NC2CCCCC2)N(C(=O)CCCC(=O)Nc2ccccn2)c2ccc(C)cc2)cc1. The summed E-state index contributed by atoms with van der Waals surface area (Å²) in [6.07, 6.45) is 7.42. The Balaban J connectivity index is 1.58. The molecule has 1 aliphatic carbocycles. The van der Waals surface area contributed by atoms with E-state index in [-0.39, 0.29) is 36.6 Å². The molecule has 3 aromatic rings. The summed E-state index contributed by atoms with van der Waals surface area (Å²) >= 11 is 0. The Labute approximate surface area is 242 Å². The van der Waals surface area contributed by atoms with Crippen molar-refractivity contribution < 1.29 is 19.1 Å². The van der Waals surface area contributed by atoms with Crippen molar-refractivity contribution in [2.24, 2.45) is 0 Å². The number of nitrogens with one attached hydrogen (secondary N) is 2. The molecule has 4 rings (SSSR count). The van der Waals surface area contributed by atoms with E-state index in [2.05, 4.69) is 15.6 Å².